The van der Waals surface area contributed by atoms with E-state index in [4.69, 9.17) is 5.11 Å². The standard InChI is InChI=1S/C11H20N2O3/c1-8-6-9(2)13(7-8)11(16)12(3)5-4-10(14)15/h8-9H,4-7H2,1-3H3,(H,14,15). The van der Waals surface area contributed by atoms with Crippen molar-refractivity contribution in [3.63, 3.8) is 0 Å². The molecular weight excluding hydrogens is 208 g/mol. The van der Waals surface area contributed by atoms with Crippen molar-refractivity contribution in [1.29, 1.82) is 0 Å². The van der Waals surface area contributed by atoms with Gasteiger partial charge in [-0.2, -0.15) is 0 Å². The van der Waals surface area contributed by atoms with Gasteiger partial charge in [0.1, 0.15) is 0 Å². The Balaban J connectivity index is 2.47. The Morgan fingerprint density at radius 2 is 2.06 bits per heavy atom. The number of hydrogen-bond donors (Lipinski definition) is 1. The topological polar surface area (TPSA) is 60.9 Å². The van der Waals surface area contributed by atoms with Crippen molar-refractivity contribution in [3.8, 4) is 0 Å². The Bertz CT molecular complexity index is 280. The molecule has 0 aromatic carbocycles. The number of carbonyl (C=O) groups excluding carboxylic acids is 1. The molecule has 0 spiro atoms. The minimum Gasteiger partial charge on any atom is -0.481 e. The van der Waals surface area contributed by atoms with Gasteiger partial charge in [-0.05, 0) is 19.3 Å². The molecule has 2 unspecified atom stereocenters. The highest BCUT2D eigenvalue weighted by Gasteiger charge is 2.31. The van der Waals surface area contributed by atoms with Crippen LogP contribution >= 0.6 is 0 Å². The highest BCUT2D eigenvalue weighted by molar-refractivity contribution is 5.75. The molecule has 0 saturated carbocycles. The summed E-state index contributed by atoms with van der Waals surface area (Å²) in [4.78, 5) is 25.7. The lowest BCUT2D eigenvalue weighted by molar-refractivity contribution is -0.137. The number of urea groups is 1. The van der Waals surface area contributed by atoms with E-state index < -0.39 is 5.97 Å². The van der Waals surface area contributed by atoms with Crippen molar-refractivity contribution in [2.75, 3.05) is 20.1 Å². The third-order valence-electron chi connectivity index (χ3n) is 3.02. The van der Waals surface area contributed by atoms with Gasteiger partial charge < -0.3 is 14.9 Å². The van der Waals surface area contributed by atoms with E-state index >= 15 is 0 Å². The molecule has 1 aliphatic heterocycles. The molecule has 92 valence electrons. The van der Waals surface area contributed by atoms with Crippen molar-refractivity contribution in [2.45, 2.75) is 32.7 Å². The Hall–Kier alpha value is -1.26. The molecule has 5 nitrogen and oxygen atoms in total. The second-order valence-corrected chi connectivity index (χ2v) is 4.69. The van der Waals surface area contributed by atoms with E-state index in [-0.39, 0.29) is 25.0 Å². The minimum absolute atomic E-state index is 0.0000144. The van der Waals surface area contributed by atoms with Crippen molar-refractivity contribution in [2.24, 2.45) is 5.92 Å². The predicted molar refractivity (Wildman–Crippen MR) is 60.2 cm³/mol. The maximum Gasteiger partial charge on any atom is 0.320 e. The summed E-state index contributed by atoms with van der Waals surface area (Å²) in [6.07, 6.45) is 1.03. The number of carbonyl (C=O) groups is 2. The molecule has 0 aromatic rings. The Labute approximate surface area is 96.0 Å². The highest BCUT2D eigenvalue weighted by atomic mass is 16.4. The van der Waals surface area contributed by atoms with Gasteiger partial charge in [0.25, 0.3) is 0 Å². The van der Waals surface area contributed by atoms with Gasteiger partial charge in [-0.25, -0.2) is 4.79 Å². The van der Waals surface area contributed by atoms with Gasteiger partial charge in [0.05, 0.1) is 6.42 Å². The van der Waals surface area contributed by atoms with Crippen LogP contribution in [0.1, 0.15) is 26.7 Å². The zero-order valence-electron chi connectivity index (χ0n) is 10.1. The van der Waals surface area contributed by atoms with Crippen LogP contribution in [0, 0.1) is 5.92 Å². The van der Waals surface area contributed by atoms with Crippen LogP contribution in [0.25, 0.3) is 0 Å². The summed E-state index contributed by atoms with van der Waals surface area (Å²) < 4.78 is 0. The van der Waals surface area contributed by atoms with E-state index in [0.717, 1.165) is 13.0 Å². The molecule has 1 heterocycles. The van der Waals surface area contributed by atoms with Gasteiger partial charge in [0.15, 0.2) is 0 Å². The third-order valence-corrected chi connectivity index (χ3v) is 3.02. The fourth-order valence-electron chi connectivity index (χ4n) is 2.14. The number of amides is 2. The van der Waals surface area contributed by atoms with E-state index in [2.05, 4.69) is 6.92 Å². The monoisotopic (exact) mass is 228 g/mol. The average Bonchev–Trinajstić information content (AvgIpc) is 2.53. The molecule has 1 aliphatic rings. The van der Waals surface area contributed by atoms with Crippen LogP contribution in [-0.2, 0) is 4.79 Å². The van der Waals surface area contributed by atoms with Crippen LogP contribution in [0.2, 0.25) is 0 Å². The maximum atomic E-state index is 12.0. The van der Waals surface area contributed by atoms with Crippen molar-refractivity contribution >= 4 is 12.0 Å². The number of nitrogens with zero attached hydrogens (tertiary/aromatic N) is 2. The summed E-state index contributed by atoms with van der Waals surface area (Å²) in [5.74, 6) is -0.339. The smallest absolute Gasteiger partial charge is 0.320 e. The van der Waals surface area contributed by atoms with E-state index in [1.807, 2.05) is 11.8 Å². The largest absolute Gasteiger partial charge is 0.481 e. The van der Waals surface area contributed by atoms with Crippen LogP contribution in [0.15, 0.2) is 0 Å². The van der Waals surface area contributed by atoms with E-state index in [1.165, 1.54) is 4.90 Å². The lowest BCUT2D eigenvalue weighted by atomic mass is 10.1. The van der Waals surface area contributed by atoms with Gasteiger partial charge in [-0.3, -0.25) is 4.79 Å². The molecule has 1 saturated heterocycles. The maximum absolute atomic E-state index is 12.0. The summed E-state index contributed by atoms with van der Waals surface area (Å²) in [5.41, 5.74) is 0. The zero-order chi connectivity index (χ0) is 12.3. The molecule has 1 N–H and O–H groups in total. The molecule has 2 amide bonds. The number of rotatable bonds is 3. The van der Waals surface area contributed by atoms with E-state index in [9.17, 15) is 9.59 Å². The molecule has 0 aliphatic carbocycles. The molecule has 1 rings (SSSR count). The first-order valence-corrected chi connectivity index (χ1v) is 5.65. The minimum atomic E-state index is -0.873. The molecule has 0 radical (unpaired) electrons. The lowest BCUT2D eigenvalue weighted by Gasteiger charge is -2.27. The van der Waals surface area contributed by atoms with Crippen LogP contribution in [0.4, 0.5) is 4.79 Å². The predicted octanol–water partition coefficient (Wildman–Crippen LogP) is 1.24. The van der Waals surface area contributed by atoms with E-state index in [0.29, 0.717) is 5.92 Å². The molecule has 0 aromatic heterocycles. The second-order valence-electron chi connectivity index (χ2n) is 4.69. The highest BCUT2D eigenvalue weighted by Crippen LogP contribution is 2.23. The van der Waals surface area contributed by atoms with Gasteiger partial charge in [-0.1, -0.05) is 6.92 Å². The first kappa shape index (κ1) is 12.8. The Morgan fingerprint density at radius 1 is 1.44 bits per heavy atom. The molecular formula is C11H20N2O3. The summed E-state index contributed by atoms with van der Waals surface area (Å²) in [7, 11) is 1.65. The second kappa shape index (κ2) is 5.18. The van der Waals surface area contributed by atoms with Crippen molar-refractivity contribution in [3.05, 3.63) is 0 Å². The zero-order valence-corrected chi connectivity index (χ0v) is 10.1. The summed E-state index contributed by atoms with van der Waals surface area (Å²) >= 11 is 0. The van der Waals surface area contributed by atoms with Crippen molar-refractivity contribution in [1.82, 2.24) is 9.80 Å². The average molecular weight is 228 g/mol. The normalized spacial score (nSPS) is 24.6. The molecule has 5 heteroatoms. The van der Waals surface area contributed by atoms with Gasteiger partial charge in [0, 0.05) is 26.2 Å². The molecule has 16 heavy (non-hydrogen) atoms. The number of likely N-dealkylation sites (tertiary alicyclic amines) is 1. The molecule has 1 fully saturated rings. The summed E-state index contributed by atoms with van der Waals surface area (Å²) in [5, 5.41) is 8.55. The van der Waals surface area contributed by atoms with Crippen LogP contribution in [0.3, 0.4) is 0 Å². The lowest BCUT2D eigenvalue weighted by Crippen LogP contribution is -2.43. The third kappa shape index (κ3) is 3.12. The van der Waals surface area contributed by atoms with Crippen LogP contribution in [0.5, 0.6) is 0 Å². The quantitative estimate of drug-likeness (QED) is 0.790. The number of carboxylic acids is 1. The van der Waals surface area contributed by atoms with Gasteiger partial charge in [0.2, 0.25) is 0 Å². The fourth-order valence-corrected chi connectivity index (χ4v) is 2.14. The summed E-state index contributed by atoms with van der Waals surface area (Å²) in [6, 6.07) is 0.202. The number of hydrogen-bond acceptors (Lipinski definition) is 2. The Kier molecular flexibility index (Phi) is 4.15. The Morgan fingerprint density at radius 3 is 2.50 bits per heavy atom. The number of carboxylic acid groups (broad SMARTS) is 1. The van der Waals surface area contributed by atoms with Gasteiger partial charge in [-0.15, -0.1) is 0 Å². The molecule has 2 atom stereocenters. The number of aliphatic carboxylic acids is 1. The van der Waals surface area contributed by atoms with Crippen LogP contribution in [-0.4, -0.2) is 53.1 Å². The first-order valence-electron chi connectivity index (χ1n) is 5.65. The van der Waals surface area contributed by atoms with Crippen molar-refractivity contribution < 1.29 is 14.7 Å². The van der Waals surface area contributed by atoms with E-state index in [1.54, 1.807) is 7.05 Å². The van der Waals surface area contributed by atoms with Crippen LogP contribution < -0.4 is 0 Å². The first-order chi connectivity index (χ1) is 7.41. The SMILES string of the molecule is CC1CC(C)N(C(=O)N(C)CCC(=O)O)C1. The van der Waals surface area contributed by atoms with Gasteiger partial charge >= 0.3 is 12.0 Å². The summed E-state index contributed by atoms with van der Waals surface area (Å²) in [6.45, 7) is 5.21. The molecule has 0 bridgehead atoms. The fraction of sp³-hybridized carbons (Fsp3) is 0.818.